The Hall–Kier alpha value is -5.10. The predicted molar refractivity (Wildman–Crippen MR) is 146 cm³/mol. The number of nitrogens with zero attached hydrogens (tertiary/aromatic N) is 1. The number of aromatic nitrogens is 1. The van der Waals surface area contributed by atoms with Gasteiger partial charge in [0.2, 0.25) is 5.78 Å². The van der Waals surface area contributed by atoms with Crippen molar-refractivity contribution in [3.05, 3.63) is 131 Å². The number of carbonyl (C=O) groups is 2. The molecule has 0 fully saturated rings. The highest BCUT2D eigenvalue weighted by Gasteiger charge is 2.25. The second kappa shape index (κ2) is 9.41. The fourth-order valence-electron chi connectivity index (χ4n) is 4.48. The van der Waals surface area contributed by atoms with Gasteiger partial charge < -0.3 is 9.73 Å². The first-order chi connectivity index (χ1) is 18.5. The smallest absolute Gasteiger partial charge is 0.256 e. The number of nitrogens with one attached hydrogen (secondary N) is 1. The van der Waals surface area contributed by atoms with E-state index in [1.54, 1.807) is 42.5 Å². The third-order valence-electron chi connectivity index (χ3n) is 6.45. The molecule has 0 bridgehead atoms. The van der Waals surface area contributed by atoms with E-state index >= 15 is 0 Å². The maximum absolute atomic E-state index is 13.8. The number of anilines is 1. The van der Waals surface area contributed by atoms with Crippen molar-refractivity contribution in [1.82, 2.24) is 4.98 Å². The van der Waals surface area contributed by atoms with Crippen LogP contribution in [0, 0.1) is 12.7 Å². The molecule has 0 aliphatic heterocycles. The van der Waals surface area contributed by atoms with E-state index in [2.05, 4.69) is 10.3 Å². The van der Waals surface area contributed by atoms with Crippen molar-refractivity contribution < 1.29 is 18.4 Å². The molecule has 5 nitrogen and oxygen atoms in total. The minimum atomic E-state index is -0.420. The number of aryl methyl sites for hydroxylation is 1. The van der Waals surface area contributed by atoms with E-state index < -0.39 is 5.91 Å². The standard InChI is InChI=1S/C32H21FN2O3/c1-19-10-12-21(13-11-19)30(36)31-29(24-7-3-5-9-28(24)38-31)35-32(37)25-18-27(20-14-16-22(33)17-15-20)34-26-8-4-2-6-23(25)26/h2-18H,1H3,(H,35,37). The third kappa shape index (κ3) is 4.22. The molecule has 6 heteroatoms. The molecule has 6 rings (SSSR count). The molecule has 0 spiro atoms. The van der Waals surface area contributed by atoms with E-state index in [1.165, 1.54) is 12.1 Å². The minimum absolute atomic E-state index is 0.0560. The van der Waals surface area contributed by atoms with Crippen molar-refractivity contribution in [1.29, 1.82) is 0 Å². The largest absolute Gasteiger partial charge is 0.450 e. The lowest BCUT2D eigenvalue weighted by molar-refractivity contribution is 0.101. The van der Waals surface area contributed by atoms with Crippen molar-refractivity contribution >= 4 is 39.2 Å². The molecule has 0 saturated carbocycles. The zero-order valence-corrected chi connectivity index (χ0v) is 20.4. The van der Waals surface area contributed by atoms with Gasteiger partial charge in [0.25, 0.3) is 5.91 Å². The molecule has 0 saturated heterocycles. The lowest BCUT2D eigenvalue weighted by Gasteiger charge is -2.11. The molecular formula is C32H21FN2O3. The van der Waals surface area contributed by atoms with Crippen molar-refractivity contribution in [3.63, 3.8) is 0 Å². The van der Waals surface area contributed by atoms with Gasteiger partial charge >= 0.3 is 0 Å². The van der Waals surface area contributed by atoms with Gasteiger partial charge in [0.05, 0.1) is 22.5 Å². The zero-order valence-electron chi connectivity index (χ0n) is 20.4. The summed E-state index contributed by atoms with van der Waals surface area (Å²) in [5.41, 5.74) is 4.48. The lowest BCUT2D eigenvalue weighted by Crippen LogP contribution is -2.15. The summed E-state index contributed by atoms with van der Waals surface area (Å²) in [6, 6.07) is 29.3. The van der Waals surface area contributed by atoms with Crippen LogP contribution in [0.1, 0.15) is 32.0 Å². The average Bonchev–Trinajstić information content (AvgIpc) is 3.31. The summed E-state index contributed by atoms with van der Waals surface area (Å²) < 4.78 is 19.5. The van der Waals surface area contributed by atoms with Crippen LogP contribution in [0.15, 0.2) is 108 Å². The lowest BCUT2D eigenvalue weighted by atomic mass is 10.0. The minimum Gasteiger partial charge on any atom is -0.450 e. The van der Waals surface area contributed by atoms with Crippen LogP contribution in [0.3, 0.4) is 0 Å². The molecule has 2 aromatic heterocycles. The molecule has 1 amide bonds. The number of amides is 1. The summed E-state index contributed by atoms with van der Waals surface area (Å²) >= 11 is 0. The van der Waals surface area contributed by atoms with Crippen molar-refractivity contribution in [2.75, 3.05) is 5.32 Å². The van der Waals surface area contributed by atoms with Crippen LogP contribution in [-0.4, -0.2) is 16.7 Å². The first kappa shape index (κ1) is 23.3. The Kier molecular flexibility index (Phi) is 5.77. The Balaban J connectivity index is 1.46. The summed E-state index contributed by atoms with van der Waals surface area (Å²) in [6.07, 6.45) is 0. The number of pyridine rings is 1. The molecule has 0 aliphatic carbocycles. The Morgan fingerprint density at radius 1 is 0.816 bits per heavy atom. The van der Waals surface area contributed by atoms with Gasteiger partial charge in [-0.05, 0) is 55.5 Å². The van der Waals surface area contributed by atoms with Gasteiger partial charge in [-0.2, -0.15) is 0 Å². The number of rotatable bonds is 5. The molecule has 2 heterocycles. The number of halogens is 1. The van der Waals surface area contributed by atoms with E-state index in [1.807, 2.05) is 55.5 Å². The maximum atomic E-state index is 13.8. The summed E-state index contributed by atoms with van der Waals surface area (Å²) in [4.78, 5) is 32.0. The molecule has 1 N–H and O–H groups in total. The second-order valence-corrected chi connectivity index (χ2v) is 9.03. The molecule has 6 aromatic rings. The van der Waals surface area contributed by atoms with Crippen LogP contribution >= 0.6 is 0 Å². The number of para-hydroxylation sites is 2. The highest BCUT2D eigenvalue weighted by molar-refractivity contribution is 6.21. The van der Waals surface area contributed by atoms with Crippen LogP contribution in [-0.2, 0) is 0 Å². The Morgan fingerprint density at radius 3 is 2.26 bits per heavy atom. The third-order valence-corrected chi connectivity index (χ3v) is 6.45. The summed E-state index contributed by atoms with van der Waals surface area (Å²) in [5.74, 6) is -1.05. The van der Waals surface area contributed by atoms with Crippen molar-refractivity contribution in [2.24, 2.45) is 0 Å². The first-order valence-corrected chi connectivity index (χ1v) is 12.1. The van der Waals surface area contributed by atoms with Gasteiger partial charge in [-0.3, -0.25) is 9.59 Å². The molecule has 38 heavy (non-hydrogen) atoms. The van der Waals surface area contributed by atoms with E-state index in [-0.39, 0.29) is 17.4 Å². The van der Waals surface area contributed by atoms with Crippen LogP contribution < -0.4 is 5.32 Å². The molecule has 184 valence electrons. The number of hydrogen-bond donors (Lipinski definition) is 1. The fourth-order valence-corrected chi connectivity index (χ4v) is 4.48. The van der Waals surface area contributed by atoms with Crippen molar-refractivity contribution in [2.45, 2.75) is 6.92 Å². The maximum Gasteiger partial charge on any atom is 0.256 e. The van der Waals surface area contributed by atoms with Crippen LogP contribution in [0.25, 0.3) is 33.1 Å². The number of carbonyl (C=O) groups excluding carboxylic acids is 2. The SMILES string of the molecule is Cc1ccc(C(=O)c2oc3ccccc3c2NC(=O)c2cc(-c3ccc(F)cc3)nc3ccccc23)cc1. The van der Waals surface area contributed by atoms with Gasteiger partial charge in [0.1, 0.15) is 11.4 Å². The number of fused-ring (bicyclic) bond motifs is 2. The zero-order chi connectivity index (χ0) is 26.2. The topological polar surface area (TPSA) is 72.2 Å². The molecule has 0 atom stereocenters. The number of furan rings is 1. The van der Waals surface area contributed by atoms with E-state index in [0.717, 1.165) is 5.56 Å². The number of ketones is 1. The van der Waals surface area contributed by atoms with Gasteiger partial charge in [0, 0.05) is 21.9 Å². The van der Waals surface area contributed by atoms with Gasteiger partial charge in [-0.25, -0.2) is 9.37 Å². The monoisotopic (exact) mass is 500 g/mol. The Bertz CT molecular complexity index is 1840. The molecule has 0 aliphatic rings. The predicted octanol–water partition coefficient (Wildman–Crippen LogP) is 7.58. The highest BCUT2D eigenvalue weighted by atomic mass is 19.1. The van der Waals surface area contributed by atoms with Crippen molar-refractivity contribution in [3.8, 4) is 11.3 Å². The van der Waals surface area contributed by atoms with Gasteiger partial charge in [0.15, 0.2) is 5.76 Å². The average molecular weight is 501 g/mol. The molecular weight excluding hydrogens is 479 g/mol. The molecule has 0 radical (unpaired) electrons. The Morgan fingerprint density at radius 2 is 1.50 bits per heavy atom. The summed E-state index contributed by atoms with van der Waals surface area (Å²) in [6.45, 7) is 1.94. The first-order valence-electron chi connectivity index (χ1n) is 12.1. The van der Waals surface area contributed by atoms with Crippen LogP contribution in [0.4, 0.5) is 10.1 Å². The molecule has 0 unspecified atom stereocenters. The fraction of sp³-hybridized carbons (Fsp3) is 0.0312. The van der Waals surface area contributed by atoms with Gasteiger partial charge in [-0.1, -0.05) is 60.2 Å². The van der Waals surface area contributed by atoms with Crippen LogP contribution in [0.2, 0.25) is 0 Å². The van der Waals surface area contributed by atoms with Gasteiger partial charge in [-0.15, -0.1) is 0 Å². The number of benzene rings is 4. The Labute approximate surface area is 217 Å². The molecule has 4 aromatic carbocycles. The second-order valence-electron chi connectivity index (χ2n) is 9.03. The van der Waals surface area contributed by atoms with Crippen LogP contribution in [0.5, 0.6) is 0 Å². The van der Waals surface area contributed by atoms with E-state index in [4.69, 9.17) is 4.42 Å². The normalized spacial score (nSPS) is 11.1. The highest BCUT2D eigenvalue weighted by Crippen LogP contribution is 2.34. The quantitative estimate of drug-likeness (QED) is 0.248. The summed E-state index contributed by atoms with van der Waals surface area (Å²) in [5, 5.41) is 4.22. The van der Waals surface area contributed by atoms with E-state index in [0.29, 0.717) is 49.9 Å². The summed E-state index contributed by atoms with van der Waals surface area (Å²) in [7, 11) is 0. The number of hydrogen-bond acceptors (Lipinski definition) is 4. The van der Waals surface area contributed by atoms with E-state index in [9.17, 15) is 14.0 Å².